The fraction of sp³-hybridized carbons (Fsp3) is 0.625. The van der Waals surface area contributed by atoms with Gasteiger partial charge in [0, 0.05) is 12.3 Å². The van der Waals surface area contributed by atoms with Gasteiger partial charge in [-0.15, -0.1) is 6.58 Å². The molecule has 0 aliphatic carbocycles. The van der Waals surface area contributed by atoms with Gasteiger partial charge in [0.2, 0.25) is 0 Å². The summed E-state index contributed by atoms with van der Waals surface area (Å²) < 4.78 is 5.00. The summed E-state index contributed by atoms with van der Waals surface area (Å²) in [5.74, 6) is 0.296. The van der Waals surface area contributed by atoms with Crippen LogP contribution in [-0.2, 0) is 9.53 Å². The van der Waals surface area contributed by atoms with Gasteiger partial charge in [0.05, 0.1) is 6.42 Å². The summed E-state index contributed by atoms with van der Waals surface area (Å²) in [4.78, 5) is 10.7. The van der Waals surface area contributed by atoms with Gasteiger partial charge >= 0.3 is 5.97 Å². The van der Waals surface area contributed by atoms with Crippen LogP contribution in [0.2, 0.25) is 0 Å². The minimum atomic E-state index is -0.0700. The van der Waals surface area contributed by atoms with Crippen LogP contribution in [0.25, 0.3) is 0 Å². The van der Waals surface area contributed by atoms with E-state index in [1.165, 1.54) is 0 Å². The molecule has 0 aromatic rings. The minimum Gasteiger partial charge on any atom is -0.462 e. The molecule has 56 valence electrons. The number of esters is 1. The van der Waals surface area contributed by atoms with E-state index in [9.17, 15) is 4.79 Å². The van der Waals surface area contributed by atoms with Crippen LogP contribution < -0.4 is 0 Å². The maximum absolute atomic E-state index is 10.7. The van der Waals surface area contributed by atoms with Crippen LogP contribution >= 0.6 is 0 Å². The van der Waals surface area contributed by atoms with Crippen molar-refractivity contribution in [2.45, 2.75) is 25.9 Å². The number of cyclic esters (lactones) is 1. The van der Waals surface area contributed by atoms with Crippen molar-refractivity contribution in [3.8, 4) is 0 Å². The third kappa shape index (κ3) is 1.38. The van der Waals surface area contributed by atoms with E-state index in [-0.39, 0.29) is 12.1 Å². The van der Waals surface area contributed by atoms with Crippen molar-refractivity contribution in [3.05, 3.63) is 12.7 Å². The Morgan fingerprint density at radius 3 is 3.00 bits per heavy atom. The molecule has 0 radical (unpaired) electrons. The second kappa shape index (κ2) is 2.86. The molecule has 2 atom stereocenters. The van der Waals surface area contributed by atoms with E-state index in [0.29, 0.717) is 12.3 Å². The number of rotatable bonds is 2. The van der Waals surface area contributed by atoms with Gasteiger partial charge in [0.1, 0.15) is 6.10 Å². The van der Waals surface area contributed by atoms with E-state index < -0.39 is 0 Å². The van der Waals surface area contributed by atoms with Crippen molar-refractivity contribution in [1.82, 2.24) is 0 Å². The predicted octanol–water partition coefficient (Wildman–Crippen LogP) is 1.51. The Balaban J connectivity index is 2.45. The first kappa shape index (κ1) is 7.32. The largest absolute Gasteiger partial charge is 0.462 e. The van der Waals surface area contributed by atoms with Gasteiger partial charge in [0.25, 0.3) is 0 Å². The number of hydrogen-bond acceptors (Lipinski definition) is 2. The van der Waals surface area contributed by atoms with Crippen molar-refractivity contribution in [1.29, 1.82) is 0 Å². The average molecular weight is 140 g/mol. The van der Waals surface area contributed by atoms with Crippen LogP contribution in [0.15, 0.2) is 12.7 Å². The maximum Gasteiger partial charge on any atom is 0.306 e. The normalized spacial score (nSPS) is 31.9. The summed E-state index contributed by atoms with van der Waals surface area (Å²) in [7, 11) is 0. The summed E-state index contributed by atoms with van der Waals surface area (Å²) in [5, 5.41) is 0. The van der Waals surface area contributed by atoms with Crippen LogP contribution in [0.1, 0.15) is 19.8 Å². The fourth-order valence-electron chi connectivity index (χ4n) is 1.17. The summed E-state index contributed by atoms with van der Waals surface area (Å²) in [6.07, 6.45) is 3.23. The van der Waals surface area contributed by atoms with Crippen molar-refractivity contribution in [2.24, 2.45) is 5.92 Å². The molecule has 1 aliphatic rings. The molecule has 1 heterocycles. The molecule has 0 saturated carbocycles. The van der Waals surface area contributed by atoms with E-state index in [2.05, 4.69) is 6.58 Å². The number of carbonyl (C=O) groups is 1. The summed E-state index contributed by atoms with van der Waals surface area (Å²) in [6, 6.07) is 0. The Morgan fingerprint density at radius 1 is 1.90 bits per heavy atom. The second-order valence-electron chi connectivity index (χ2n) is 2.73. The highest BCUT2D eigenvalue weighted by molar-refractivity contribution is 5.72. The molecule has 0 amide bonds. The Kier molecular flexibility index (Phi) is 2.10. The van der Waals surface area contributed by atoms with Gasteiger partial charge < -0.3 is 4.74 Å². The lowest BCUT2D eigenvalue weighted by molar-refractivity contribution is -0.141. The van der Waals surface area contributed by atoms with E-state index in [0.717, 1.165) is 6.42 Å². The fourth-order valence-corrected chi connectivity index (χ4v) is 1.17. The van der Waals surface area contributed by atoms with Gasteiger partial charge in [-0.05, 0) is 0 Å². The highest BCUT2D eigenvalue weighted by Crippen LogP contribution is 2.23. The Hall–Kier alpha value is -0.790. The quantitative estimate of drug-likeness (QED) is 0.429. The zero-order valence-corrected chi connectivity index (χ0v) is 6.17. The first-order valence-electron chi connectivity index (χ1n) is 3.54. The van der Waals surface area contributed by atoms with Gasteiger partial charge in [-0.3, -0.25) is 4.79 Å². The maximum atomic E-state index is 10.7. The van der Waals surface area contributed by atoms with Gasteiger partial charge in [-0.25, -0.2) is 0 Å². The molecule has 1 rings (SSSR count). The molecular formula is C8H12O2. The van der Waals surface area contributed by atoms with E-state index in [4.69, 9.17) is 4.74 Å². The van der Waals surface area contributed by atoms with E-state index in [1.54, 1.807) is 6.08 Å². The molecule has 2 nitrogen and oxygen atoms in total. The van der Waals surface area contributed by atoms with Crippen LogP contribution in [-0.4, -0.2) is 12.1 Å². The molecule has 0 bridgehead atoms. The lowest BCUT2D eigenvalue weighted by atomic mass is 10.0. The van der Waals surface area contributed by atoms with Crippen LogP contribution in [0.5, 0.6) is 0 Å². The second-order valence-corrected chi connectivity index (χ2v) is 2.73. The molecule has 10 heavy (non-hydrogen) atoms. The lowest BCUT2D eigenvalue weighted by Gasteiger charge is -2.09. The average Bonchev–Trinajstić information content (AvgIpc) is 2.13. The highest BCUT2D eigenvalue weighted by atomic mass is 16.5. The monoisotopic (exact) mass is 140 g/mol. The third-order valence-corrected chi connectivity index (χ3v) is 1.81. The Morgan fingerprint density at radius 2 is 2.60 bits per heavy atom. The Bertz CT molecular complexity index is 151. The van der Waals surface area contributed by atoms with Crippen molar-refractivity contribution in [3.63, 3.8) is 0 Å². The minimum absolute atomic E-state index is 0.0700. The molecule has 0 spiro atoms. The molecule has 1 saturated heterocycles. The molecule has 0 aromatic carbocycles. The lowest BCUT2D eigenvalue weighted by Crippen LogP contribution is -2.11. The van der Waals surface area contributed by atoms with E-state index in [1.807, 2.05) is 6.92 Å². The van der Waals surface area contributed by atoms with Crippen molar-refractivity contribution < 1.29 is 9.53 Å². The molecule has 1 aliphatic heterocycles. The standard InChI is InChI=1S/C8H12O2/c1-3-4-7-6(2)5-8(9)10-7/h3,6-7H,1,4-5H2,2H3/t6-,7-/m0/s1. The van der Waals surface area contributed by atoms with Gasteiger partial charge in [-0.2, -0.15) is 0 Å². The van der Waals surface area contributed by atoms with Crippen molar-refractivity contribution in [2.75, 3.05) is 0 Å². The molecular weight excluding hydrogens is 128 g/mol. The van der Waals surface area contributed by atoms with Crippen molar-refractivity contribution >= 4 is 5.97 Å². The van der Waals surface area contributed by atoms with Gasteiger partial charge in [0.15, 0.2) is 0 Å². The molecule has 0 N–H and O–H groups in total. The highest BCUT2D eigenvalue weighted by Gasteiger charge is 2.29. The summed E-state index contributed by atoms with van der Waals surface area (Å²) >= 11 is 0. The zero-order chi connectivity index (χ0) is 7.56. The Labute approximate surface area is 60.9 Å². The number of ether oxygens (including phenoxy) is 1. The topological polar surface area (TPSA) is 26.3 Å². The first-order valence-corrected chi connectivity index (χ1v) is 3.54. The number of carbonyl (C=O) groups excluding carboxylic acids is 1. The smallest absolute Gasteiger partial charge is 0.306 e. The first-order chi connectivity index (χ1) is 4.74. The number of hydrogen-bond donors (Lipinski definition) is 0. The van der Waals surface area contributed by atoms with Gasteiger partial charge in [-0.1, -0.05) is 13.0 Å². The van der Waals surface area contributed by atoms with Crippen LogP contribution in [0.3, 0.4) is 0 Å². The third-order valence-electron chi connectivity index (χ3n) is 1.81. The molecule has 1 fully saturated rings. The van der Waals surface area contributed by atoms with Crippen LogP contribution in [0, 0.1) is 5.92 Å². The molecule has 2 heteroatoms. The summed E-state index contributed by atoms with van der Waals surface area (Å²) in [6.45, 7) is 5.62. The van der Waals surface area contributed by atoms with Crippen LogP contribution in [0.4, 0.5) is 0 Å². The van der Waals surface area contributed by atoms with E-state index >= 15 is 0 Å². The molecule has 0 aromatic heterocycles. The summed E-state index contributed by atoms with van der Waals surface area (Å²) in [5.41, 5.74) is 0. The zero-order valence-electron chi connectivity index (χ0n) is 6.17. The predicted molar refractivity (Wildman–Crippen MR) is 38.5 cm³/mol. The SMILES string of the molecule is C=CC[C@@H]1OC(=O)C[C@@H]1C. The molecule has 0 unspecified atom stereocenters.